The molecule has 1 atom stereocenters. The van der Waals surface area contributed by atoms with Gasteiger partial charge in [0.15, 0.2) is 0 Å². The Labute approximate surface area is 235 Å². The van der Waals surface area contributed by atoms with E-state index >= 15 is 0 Å². The van der Waals surface area contributed by atoms with Crippen LogP contribution in [-0.2, 0) is 13.0 Å². The standard InChI is InChI=1S/C31H38FN7O/c1-5-33-31-34-16-15-27(35-31)30-29(23-9-11-24(32)12-10-23)36-28-14-13-25(39(28)30)21-38(18-17-37(2)3)20-22-7-6-8-26(19-22)40-4/h6-12,15-16,19,25H,5,13-14,17-18,20-21H2,1-4H3,(H,33,34,35)/t25-/m0/s1. The summed E-state index contributed by atoms with van der Waals surface area (Å²) in [5, 5.41) is 3.23. The molecule has 1 aliphatic rings. The minimum atomic E-state index is -0.263. The first-order valence-electron chi connectivity index (χ1n) is 13.9. The highest BCUT2D eigenvalue weighted by Crippen LogP contribution is 2.39. The van der Waals surface area contributed by atoms with E-state index in [1.165, 1.54) is 17.7 Å². The van der Waals surface area contributed by atoms with E-state index in [0.29, 0.717) is 5.95 Å². The van der Waals surface area contributed by atoms with Crippen molar-refractivity contribution in [1.29, 1.82) is 0 Å². The van der Waals surface area contributed by atoms with Crippen LogP contribution in [0.1, 0.15) is 30.8 Å². The van der Waals surface area contributed by atoms with Crippen molar-refractivity contribution in [3.05, 3.63) is 78.0 Å². The van der Waals surface area contributed by atoms with Crippen molar-refractivity contribution in [2.24, 2.45) is 0 Å². The van der Waals surface area contributed by atoms with Gasteiger partial charge in [0.2, 0.25) is 5.95 Å². The fraction of sp³-hybridized carbons (Fsp3) is 0.387. The molecule has 0 spiro atoms. The number of imidazole rings is 1. The van der Waals surface area contributed by atoms with Gasteiger partial charge in [0.25, 0.3) is 0 Å². The van der Waals surface area contributed by atoms with E-state index in [1.807, 2.05) is 25.1 Å². The van der Waals surface area contributed by atoms with Gasteiger partial charge in [-0.05, 0) is 75.5 Å². The highest BCUT2D eigenvalue weighted by atomic mass is 19.1. The molecule has 0 bridgehead atoms. The summed E-state index contributed by atoms with van der Waals surface area (Å²) in [7, 11) is 5.92. The number of halogens is 1. The number of likely N-dealkylation sites (N-methyl/N-ethyl adjacent to an activating group) is 1. The van der Waals surface area contributed by atoms with E-state index in [4.69, 9.17) is 14.7 Å². The second-order valence-corrected chi connectivity index (χ2v) is 10.5. The summed E-state index contributed by atoms with van der Waals surface area (Å²) in [6.45, 7) is 6.34. The number of benzene rings is 2. The molecule has 1 N–H and O–H groups in total. The molecule has 3 heterocycles. The van der Waals surface area contributed by atoms with Gasteiger partial charge >= 0.3 is 0 Å². The van der Waals surface area contributed by atoms with Crippen LogP contribution in [-0.4, -0.2) is 76.7 Å². The van der Waals surface area contributed by atoms with Gasteiger partial charge in [-0.1, -0.05) is 12.1 Å². The Morgan fingerprint density at radius 3 is 2.65 bits per heavy atom. The third-order valence-electron chi connectivity index (χ3n) is 7.27. The van der Waals surface area contributed by atoms with Crippen molar-refractivity contribution in [3.8, 4) is 28.4 Å². The zero-order valence-corrected chi connectivity index (χ0v) is 23.8. The van der Waals surface area contributed by atoms with E-state index < -0.39 is 0 Å². The molecule has 0 amide bonds. The zero-order valence-electron chi connectivity index (χ0n) is 23.8. The number of hydrogen-bond donors (Lipinski definition) is 1. The number of hydrogen-bond acceptors (Lipinski definition) is 7. The number of nitrogens with one attached hydrogen (secondary N) is 1. The molecule has 0 radical (unpaired) electrons. The third-order valence-corrected chi connectivity index (χ3v) is 7.27. The number of methoxy groups -OCH3 is 1. The van der Waals surface area contributed by atoms with E-state index in [-0.39, 0.29) is 11.9 Å². The van der Waals surface area contributed by atoms with Crippen LogP contribution in [0.15, 0.2) is 60.8 Å². The summed E-state index contributed by atoms with van der Waals surface area (Å²) in [5.74, 6) is 2.23. The predicted molar refractivity (Wildman–Crippen MR) is 157 cm³/mol. The molecule has 0 saturated heterocycles. The molecule has 2 aromatic carbocycles. The minimum absolute atomic E-state index is 0.219. The van der Waals surface area contributed by atoms with Gasteiger partial charge in [-0.15, -0.1) is 0 Å². The molecule has 0 unspecified atom stereocenters. The van der Waals surface area contributed by atoms with Crippen LogP contribution in [0.4, 0.5) is 10.3 Å². The molecule has 0 aliphatic carbocycles. The number of aromatic nitrogens is 4. The fourth-order valence-electron chi connectivity index (χ4n) is 5.34. The summed E-state index contributed by atoms with van der Waals surface area (Å²) >= 11 is 0. The van der Waals surface area contributed by atoms with Crippen LogP contribution < -0.4 is 10.1 Å². The maximum absolute atomic E-state index is 13.8. The monoisotopic (exact) mass is 543 g/mol. The van der Waals surface area contributed by atoms with E-state index in [9.17, 15) is 4.39 Å². The average molecular weight is 544 g/mol. The highest BCUT2D eigenvalue weighted by molar-refractivity contribution is 5.78. The second kappa shape index (κ2) is 12.6. The number of anilines is 1. The number of ether oxygens (including phenoxy) is 1. The fourth-order valence-corrected chi connectivity index (χ4v) is 5.34. The van der Waals surface area contributed by atoms with Gasteiger partial charge < -0.3 is 19.5 Å². The molecule has 0 fully saturated rings. The molecule has 40 heavy (non-hydrogen) atoms. The topological polar surface area (TPSA) is 71.3 Å². The SMILES string of the molecule is CCNc1nccc(-c2c(-c3ccc(F)cc3)nc3n2[C@H](CN(CCN(C)C)Cc2cccc(OC)c2)CC3)n1. The van der Waals surface area contributed by atoms with E-state index in [1.54, 1.807) is 25.4 Å². The van der Waals surface area contributed by atoms with Crippen LogP contribution in [0, 0.1) is 5.82 Å². The quantitative estimate of drug-likeness (QED) is 0.265. The predicted octanol–water partition coefficient (Wildman–Crippen LogP) is 5.14. The van der Waals surface area contributed by atoms with Gasteiger partial charge in [0, 0.05) is 56.9 Å². The maximum atomic E-state index is 13.8. The Morgan fingerprint density at radius 2 is 1.90 bits per heavy atom. The molecule has 9 heteroatoms. The molecule has 5 rings (SSSR count). The number of nitrogens with zero attached hydrogens (tertiary/aromatic N) is 6. The number of aryl methyl sites for hydroxylation is 1. The Morgan fingerprint density at radius 1 is 1.07 bits per heavy atom. The van der Waals surface area contributed by atoms with E-state index in [0.717, 1.165) is 79.8 Å². The normalized spacial score (nSPS) is 14.6. The Bertz CT molecular complexity index is 1420. The lowest BCUT2D eigenvalue weighted by atomic mass is 10.1. The molecule has 2 aromatic heterocycles. The van der Waals surface area contributed by atoms with Crippen LogP contribution in [0.25, 0.3) is 22.6 Å². The lowest BCUT2D eigenvalue weighted by Crippen LogP contribution is -2.35. The lowest BCUT2D eigenvalue weighted by Gasteiger charge is -2.28. The lowest BCUT2D eigenvalue weighted by molar-refractivity contribution is 0.204. The summed E-state index contributed by atoms with van der Waals surface area (Å²) in [6.07, 6.45) is 3.66. The minimum Gasteiger partial charge on any atom is -0.497 e. The first-order chi connectivity index (χ1) is 19.4. The molecular formula is C31H38FN7O. The first-order valence-corrected chi connectivity index (χ1v) is 13.9. The number of fused-ring (bicyclic) bond motifs is 1. The third kappa shape index (κ3) is 6.32. The Balaban J connectivity index is 1.53. The Hall–Kier alpha value is -3.82. The average Bonchev–Trinajstić information content (AvgIpc) is 3.52. The van der Waals surface area contributed by atoms with Crippen LogP contribution in [0.3, 0.4) is 0 Å². The van der Waals surface area contributed by atoms with Crippen LogP contribution in [0.5, 0.6) is 5.75 Å². The first kappa shape index (κ1) is 27.7. The summed E-state index contributed by atoms with van der Waals surface area (Å²) < 4.78 is 21.7. The molecule has 1 aliphatic heterocycles. The molecule has 8 nitrogen and oxygen atoms in total. The maximum Gasteiger partial charge on any atom is 0.223 e. The van der Waals surface area contributed by atoms with E-state index in [2.05, 4.69) is 50.9 Å². The van der Waals surface area contributed by atoms with Crippen molar-refractivity contribution < 1.29 is 9.13 Å². The van der Waals surface area contributed by atoms with Gasteiger partial charge in [-0.2, -0.15) is 0 Å². The second-order valence-electron chi connectivity index (χ2n) is 10.5. The van der Waals surface area contributed by atoms with Crippen molar-refractivity contribution >= 4 is 5.95 Å². The Kier molecular flexibility index (Phi) is 8.72. The van der Waals surface area contributed by atoms with Crippen molar-refractivity contribution in [3.63, 3.8) is 0 Å². The molecule has 0 saturated carbocycles. The molecule has 4 aromatic rings. The van der Waals surface area contributed by atoms with Gasteiger partial charge in [-0.25, -0.2) is 19.3 Å². The zero-order chi connectivity index (χ0) is 28.1. The largest absolute Gasteiger partial charge is 0.497 e. The molecule has 210 valence electrons. The summed E-state index contributed by atoms with van der Waals surface area (Å²) in [4.78, 5) is 19.1. The van der Waals surface area contributed by atoms with Crippen molar-refractivity contribution in [2.75, 3.05) is 52.7 Å². The number of rotatable bonds is 12. The van der Waals surface area contributed by atoms with Gasteiger partial charge in [0.05, 0.1) is 24.2 Å². The van der Waals surface area contributed by atoms with Crippen molar-refractivity contribution in [1.82, 2.24) is 29.3 Å². The molecular weight excluding hydrogens is 505 g/mol. The van der Waals surface area contributed by atoms with Gasteiger partial charge in [-0.3, -0.25) is 4.90 Å². The summed E-state index contributed by atoms with van der Waals surface area (Å²) in [6, 6.07) is 17.0. The van der Waals surface area contributed by atoms with Gasteiger partial charge in [0.1, 0.15) is 17.4 Å². The van der Waals surface area contributed by atoms with Crippen molar-refractivity contribution in [2.45, 2.75) is 32.4 Å². The van der Waals surface area contributed by atoms with Crippen LogP contribution in [0.2, 0.25) is 0 Å². The highest BCUT2D eigenvalue weighted by Gasteiger charge is 2.32. The smallest absolute Gasteiger partial charge is 0.223 e. The summed E-state index contributed by atoms with van der Waals surface area (Å²) in [5.41, 5.74) is 4.69. The van der Waals surface area contributed by atoms with Crippen LogP contribution >= 0.6 is 0 Å².